The number of carbonyl (C=O) groups is 1. The van der Waals surface area contributed by atoms with E-state index in [2.05, 4.69) is 27.6 Å². The number of piperidine rings is 1. The van der Waals surface area contributed by atoms with Gasteiger partial charge >= 0.3 is 5.69 Å². The third kappa shape index (κ3) is 6.45. The van der Waals surface area contributed by atoms with Crippen LogP contribution in [0.25, 0.3) is 0 Å². The molecule has 0 radical (unpaired) electrons. The van der Waals surface area contributed by atoms with Gasteiger partial charge in [-0.05, 0) is 44.9 Å². The number of hydrogen-bond donors (Lipinski definition) is 2. The minimum absolute atomic E-state index is 0. The summed E-state index contributed by atoms with van der Waals surface area (Å²) in [7, 11) is 1.69. The van der Waals surface area contributed by atoms with Crippen molar-refractivity contribution in [3.8, 4) is 0 Å². The summed E-state index contributed by atoms with van der Waals surface area (Å²) >= 11 is 0. The van der Waals surface area contributed by atoms with Crippen LogP contribution in [-0.2, 0) is 24.3 Å². The van der Waals surface area contributed by atoms with Gasteiger partial charge in [0.05, 0.1) is 0 Å². The van der Waals surface area contributed by atoms with Crippen LogP contribution < -0.4 is 16.3 Å². The lowest BCUT2D eigenvalue weighted by molar-refractivity contribution is -0.121. The van der Waals surface area contributed by atoms with E-state index >= 15 is 0 Å². The maximum atomic E-state index is 12.4. The first-order chi connectivity index (χ1) is 14.1. The number of nitrogens with one attached hydrogen (secondary N) is 2. The lowest BCUT2D eigenvalue weighted by Crippen LogP contribution is -2.46. The first-order valence-corrected chi connectivity index (χ1v) is 11.0. The maximum absolute atomic E-state index is 12.4. The summed E-state index contributed by atoms with van der Waals surface area (Å²) in [6.07, 6.45) is 6.50. The Balaban J connectivity index is 0.00000320. The molecule has 0 atom stereocenters. The lowest BCUT2D eigenvalue weighted by atomic mass is 9.93. The van der Waals surface area contributed by atoms with E-state index in [-0.39, 0.29) is 35.6 Å². The standard InChI is InChI=1S/C20H35N7O2.HI/c1-3-22-19(25-13-8-16(9-14-25)15-18(28)21-2)23-10-6-12-27-20(29)26-11-5-4-7-17(26)24-27;/h16H,3-15H2,1-2H3,(H,21,28)(H,22,23);1H. The summed E-state index contributed by atoms with van der Waals surface area (Å²) in [6.45, 7) is 6.80. The topological polar surface area (TPSA) is 96.6 Å². The molecule has 170 valence electrons. The van der Waals surface area contributed by atoms with Gasteiger partial charge in [0.1, 0.15) is 5.82 Å². The normalized spacial score (nSPS) is 17.3. The van der Waals surface area contributed by atoms with E-state index in [1.54, 1.807) is 11.7 Å². The van der Waals surface area contributed by atoms with Gasteiger partial charge in [-0.25, -0.2) is 9.48 Å². The molecule has 3 heterocycles. The Labute approximate surface area is 195 Å². The Bertz CT molecular complexity index is 766. The van der Waals surface area contributed by atoms with Crippen molar-refractivity contribution in [3.05, 3.63) is 16.3 Å². The number of nitrogens with zero attached hydrogens (tertiary/aromatic N) is 5. The average molecular weight is 533 g/mol. The summed E-state index contributed by atoms with van der Waals surface area (Å²) in [5.74, 6) is 2.44. The highest BCUT2D eigenvalue weighted by molar-refractivity contribution is 14.0. The van der Waals surface area contributed by atoms with Crippen LogP contribution in [0.2, 0.25) is 0 Å². The lowest BCUT2D eigenvalue weighted by Gasteiger charge is -2.34. The molecule has 0 aromatic carbocycles. The monoisotopic (exact) mass is 533 g/mol. The number of aliphatic imine (C=N–C) groups is 1. The van der Waals surface area contributed by atoms with Crippen LogP contribution in [0, 0.1) is 5.92 Å². The van der Waals surface area contributed by atoms with Crippen LogP contribution in [-0.4, -0.2) is 64.3 Å². The van der Waals surface area contributed by atoms with Crippen LogP contribution in [0.5, 0.6) is 0 Å². The highest BCUT2D eigenvalue weighted by Crippen LogP contribution is 2.20. The number of carbonyl (C=O) groups excluding carboxylic acids is 1. The van der Waals surface area contributed by atoms with Crippen LogP contribution >= 0.6 is 24.0 Å². The fourth-order valence-corrected chi connectivity index (χ4v) is 4.14. The highest BCUT2D eigenvalue weighted by Gasteiger charge is 2.23. The predicted octanol–water partition coefficient (Wildman–Crippen LogP) is 1.20. The van der Waals surface area contributed by atoms with Crippen molar-refractivity contribution < 1.29 is 4.79 Å². The molecule has 0 aliphatic carbocycles. The van der Waals surface area contributed by atoms with E-state index in [9.17, 15) is 9.59 Å². The van der Waals surface area contributed by atoms with Gasteiger partial charge in [-0.15, -0.1) is 24.0 Å². The highest BCUT2D eigenvalue weighted by atomic mass is 127. The molecular weight excluding hydrogens is 497 g/mol. The number of fused-ring (bicyclic) bond motifs is 1. The Hall–Kier alpha value is -1.59. The van der Waals surface area contributed by atoms with E-state index in [1.807, 2.05) is 4.57 Å². The molecule has 2 aliphatic rings. The minimum Gasteiger partial charge on any atom is -0.359 e. The molecule has 2 aliphatic heterocycles. The van der Waals surface area contributed by atoms with Crippen molar-refractivity contribution in [2.45, 2.75) is 65.0 Å². The van der Waals surface area contributed by atoms with Crippen molar-refractivity contribution in [1.29, 1.82) is 0 Å². The van der Waals surface area contributed by atoms with E-state index < -0.39 is 0 Å². The van der Waals surface area contributed by atoms with Crippen molar-refractivity contribution >= 4 is 35.8 Å². The van der Waals surface area contributed by atoms with Gasteiger partial charge in [-0.2, -0.15) is 5.10 Å². The van der Waals surface area contributed by atoms with Gasteiger partial charge in [0.25, 0.3) is 0 Å². The summed E-state index contributed by atoms with van der Waals surface area (Å²) < 4.78 is 3.42. The first-order valence-electron chi connectivity index (χ1n) is 11.0. The molecule has 1 saturated heterocycles. The zero-order valence-corrected chi connectivity index (χ0v) is 20.6. The number of guanidine groups is 1. The third-order valence-corrected chi connectivity index (χ3v) is 5.82. The second-order valence-corrected chi connectivity index (χ2v) is 7.93. The van der Waals surface area contributed by atoms with Crippen LogP contribution in [0.4, 0.5) is 0 Å². The van der Waals surface area contributed by atoms with E-state index in [1.165, 1.54) is 0 Å². The van der Waals surface area contributed by atoms with Gasteiger partial charge in [-0.3, -0.25) is 14.4 Å². The molecule has 1 fully saturated rings. The third-order valence-electron chi connectivity index (χ3n) is 5.82. The summed E-state index contributed by atoms with van der Waals surface area (Å²) in [6, 6.07) is 0. The molecule has 3 rings (SSSR count). The Morgan fingerprint density at radius 2 is 2.00 bits per heavy atom. The molecule has 0 unspecified atom stereocenters. The van der Waals surface area contributed by atoms with Crippen molar-refractivity contribution in [2.24, 2.45) is 10.9 Å². The van der Waals surface area contributed by atoms with Crippen LogP contribution in [0.1, 0.15) is 51.3 Å². The molecule has 30 heavy (non-hydrogen) atoms. The van der Waals surface area contributed by atoms with Gasteiger partial charge < -0.3 is 15.5 Å². The second-order valence-electron chi connectivity index (χ2n) is 7.93. The number of amides is 1. The number of aryl methyl sites for hydroxylation is 2. The molecular formula is C20H36IN7O2. The van der Waals surface area contributed by atoms with Crippen molar-refractivity contribution in [1.82, 2.24) is 29.9 Å². The molecule has 2 N–H and O–H groups in total. The number of rotatable bonds is 7. The first kappa shape index (κ1) is 24.7. The molecule has 9 nitrogen and oxygen atoms in total. The van der Waals surface area contributed by atoms with Gasteiger partial charge in [0.15, 0.2) is 5.96 Å². The Morgan fingerprint density at radius 1 is 1.23 bits per heavy atom. The zero-order chi connectivity index (χ0) is 20.6. The van der Waals surface area contributed by atoms with Crippen molar-refractivity contribution in [3.63, 3.8) is 0 Å². The number of likely N-dealkylation sites (tertiary alicyclic amines) is 1. The number of aromatic nitrogens is 3. The van der Waals surface area contributed by atoms with Crippen LogP contribution in [0.15, 0.2) is 9.79 Å². The quantitative estimate of drug-likeness (QED) is 0.238. The van der Waals surface area contributed by atoms with Crippen molar-refractivity contribution in [2.75, 3.05) is 33.2 Å². The fraction of sp³-hybridized carbons (Fsp3) is 0.800. The van der Waals surface area contributed by atoms with Gasteiger partial charge in [-0.1, -0.05) is 0 Å². The van der Waals surface area contributed by atoms with Gasteiger partial charge in [0, 0.05) is 59.2 Å². The molecule has 10 heteroatoms. The Kier molecular flexibility index (Phi) is 10.1. The Morgan fingerprint density at radius 3 is 2.67 bits per heavy atom. The predicted molar refractivity (Wildman–Crippen MR) is 128 cm³/mol. The molecule has 1 aromatic rings. The maximum Gasteiger partial charge on any atom is 0.345 e. The van der Waals surface area contributed by atoms with E-state index in [0.29, 0.717) is 25.4 Å². The summed E-state index contributed by atoms with van der Waals surface area (Å²) in [5.41, 5.74) is 0.0220. The minimum atomic E-state index is 0. The van der Waals surface area contributed by atoms with Crippen LogP contribution in [0.3, 0.4) is 0 Å². The smallest absolute Gasteiger partial charge is 0.345 e. The number of hydrogen-bond acceptors (Lipinski definition) is 4. The second kappa shape index (κ2) is 12.3. The average Bonchev–Trinajstić information content (AvgIpc) is 3.06. The molecule has 0 bridgehead atoms. The summed E-state index contributed by atoms with van der Waals surface area (Å²) in [4.78, 5) is 31.0. The molecule has 1 amide bonds. The fourth-order valence-electron chi connectivity index (χ4n) is 4.14. The van der Waals surface area contributed by atoms with E-state index in [0.717, 1.165) is 76.5 Å². The molecule has 0 spiro atoms. The molecule has 1 aromatic heterocycles. The summed E-state index contributed by atoms with van der Waals surface area (Å²) in [5, 5.41) is 10.6. The molecule has 0 saturated carbocycles. The SMILES string of the molecule is CCNC(=NCCCn1nc2n(c1=O)CCCC2)N1CCC(CC(=O)NC)CC1.I. The number of halogens is 1. The largest absolute Gasteiger partial charge is 0.359 e. The van der Waals surface area contributed by atoms with E-state index in [4.69, 9.17) is 4.99 Å². The zero-order valence-electron chi connectivity index (χ0n) is 18.2. The van der Waals surface area contributed by atoms with Gasteiger partial charge in [0.2, 0.25) is 5.91 Å².